The number of carbonyl (C=O) groups is 2. The van der Waals surface area contributed by atoms with Crippen LogP contribution in [0.5, 0.6) is 0 Å². The first-order valence-corrected chi connectivity index (χ1v) is 7.80. The second-order valence-corrected chi connectivity index (χ2v) is 5.63. The van der Waals surface area contributed by atoms with Crippen LogP contribution in [0.2, 0.25) is 0 Å². The normalized spacial score (nSPS) is 22.3. The number of hydrogen-bond donors (Lipinski definition) is 1. The van der Waals surface area contributed by atoms with Crippen LogP contribution in [-0.4, -0.2) is 23.9 Å². The van der Waals surface area contributed by atoms with Crippen LogP contribution in [0.25, 0.3) is 0 Å². The molecule has 0 aromatic heterocycles. The van der Waals surface area contributed by atoms with Gasteiger partial charge in [-0.1, -0.05) is 32.4 Å². The van der Waals surface area contributed by atoms with Gasteiger partial charge < -0.3 is 5.32 Å². The summed E-state index contributed by atoms with van der Waals surface area (Å²) >= 11 is 0. The van der Waals surface area contributed by atoms with E-state index in [2.05, 4.69) is 24.4 Å². The minimum atomic E-state index is -0.458. The number of aryl methyl sites for hydroxylation is 1. The van der Waals surface area contributed by atoms with Crippen LogP contribution in [0.4, 0.5) is 5.69 Å². The maximum atomic E-state index is 12.4. The maximum absolute atomic E-state index is 12.4. The van der Waals surface area contributed by atoms with E-state index in [9.17, 15) is 9.59 Å². The third kappa shape index (κ3) is 3.26. The molecule has 1 fully saturated rings. The third-order valence-electron chi connectivity index (χ3n) is 4.00. The molecule has 0 aliphatic carbocycles. The van der Waals surface area contributed by atoms with E-state index in [0.717, 1.165) is 12.1 Å². The molecule has 0 radical (unpaired) electrons. The van der Waals surface area contributed by atoms with Crippen molar-refractivity contribution in [1.29, 1.82) is 0 Å². The molecule has 1 N–H and O–H groups in total. The summed E-state index contributed by atoms with van der Waals surface area (Å²) in [4.78, 5) is 26.1. The molecule has 1 heterocycles. The molecule has 21 heavy (non-hydrogen) atoms. The van der Waals surface area contributed by atoms with E-state index in [0.29, 0.717) is 6.42 Å². The Labute approximate surface area is 126 Å². The molecule has 2 unspecified atom stereocenters. The van der Waals surface area contributed by atoms with Crippen LogP contribution < -0.4 is 10.2 Å². The van der Waals surface area contributed by atoms with Gasteiger partial charge in [-0.25, -0.2) is 0 Å². The van der Waals surface area contributed by atoms with E-state index in [1.165, 1.54) is 18.4 Å². The molecule has 0 spiro atoms. The van der Waals surface area contributed by atoms with Crippen LogP contribution in [0.1, 0.15) is 45.6 Å². The Bertz CT molecular complexity index is 510. The van der Waals surface area contributed by atoms with E-state index in [1.54, 1.807) is 11.8 Å². The summed E-state index contributed by atoms with van der Waals surface area (Å²) in [6.07, 6.45) is 4.00. The molecule has 4 heteroatoms. The summed E-state index contributed by atoms with van der Waals surface area (Å²) in [6.45, 7) is 5.83. The molecule has 114 valence electrons. The molecule has 2 atom stereocenters. The van der Waals surface area contributed by atoms with Crippen LogP contribution in [0.3, 0.4) is 0 Å². The molecule has 1 aliphatic heterocycles. The fraction of sp³-hybridized carbons (Fsp3) is 0.529. The molecule has 1 aliphatic rings. The standard InChI is InChI=1S/C17H24N2O2/c1-4-6-7-13-8-10-14(11-9-13)19-15(5-2)16(20)18-12(3)17(19)21/h8-12,15H,4-7H2,1-3H3,(H,18,20). The Morgan fingerprint density at radius 1 is 1.14 bits per heavy atom. The van der Waals surface area contributed by atoms with Gasteiger partial charge in [-0.15, -0.1) is 0 Å². The minimum absolute atomic E-state index is 0.0391. The molecule has 1 aromatic carbocycles. The zero-order valence-electron chi connectivity index (χ0n) is 13.1. The number of piperazine rings is 1. The number of nitrogens with zero attached hydrogens (tertiary/aromatic N) is 1. The van der Waals surface area contributed by atoms with E-state index in [1.807, 2.05) is 19.1 Å². The number of nitrogens with one attached hydrogen (secondary N) is 1. The summed E-state index contributed by atoms with van der Waals surface area (Å²) < 4.78 is 0. The lowest BCUT2D eigenvalue weighted by atomic mass is 10.0. The summed E-state index contributed by atoms with van der Waals surface area (Å²) in [7, 11) is 0. The second-order valence-electron chi connectivity index (χ2n) is 5.63. The van der Waals surface area contributed by atoms with Gasteiger partial charge in [-0.05, 0) is 43.9 Å². The first-order valence-electron chi connectivity index (χ1n) is 7.80. The van der Waals surface area contributed by atoms with Gasteiger partial charge in [0.05, 0.1) is 0 Å². The van der Waals surface area contributed by atoms with Gasteiger partial charge in [0.1, 0.15) is 12.1 Å². The van der Waals surface area contributed by atoms with E-state index < -0.39 is 12.1 Å². The lowest BCUT2D eigenvalue weighted by molar-refractivity contribution is -0.133. The predicted octanol–water partition coefficient (Wildman–Crippen LogP) is 2.66. The average molecular weight is 288 g/mol. The van der Waals surface area contributed by atoms with Crippen molar-refractivity contribution >= 4 is 17.5 Å². The van der Waals surface area contributed by atoms with Gasteiger partial charge in [0.25, 0.3) is 0 Å². The topological polar surface area (TPSA) is 49.4 Å². The summed E-state index contributed by atoms with van der Waals surface area (Å²) in [5, 5.41) is 2.74. The van der Waals surface area contributed by atoms with Crippen molar-refractivity contribution in [3.05, 3.63) is 29.8 Å². The van der Waals surface area contributed by atoms with Gasteiger partial charge in [-0.3, -0.25) is 14.5 Å². The SMILES string of the molecule is CCCCc1ccc(N2C(=O)C(C)NC(=O)C2CC)cc1. The van der Waals surface area contributed by atoms with Crippen LogP contribution in [0, 0.1) is 0 Å². The number of hydrogen-bond acceptors (Lipinski definition) is 2. The van der Waals surface area contributed by atoms with Crippen molar-refractivity contribution in [1.82, 2.24) is 5.32 Å². The number of unbranched alkanes of at least 4 members (excludes halogenated alkanes) is 1. The molecule has 0 bridgehead atoms. The van der Waals surface area contributed by atoms with E-state index in [4.69, 9.17) is 0 Å². The molecule has 1 saturated heterocycles. The largest absolute Gasteiger partial charge is 0.343 e. The van der Waals surface area contributed by atoms with Gasteiger partial charge in [0, 0.05) is 5.69 Å². The van der Waals surface area contributed by atoms with Crippen molar-refractivity contribution in [2.24, 2.45) is 0 Å². The van der Waals surface area contributed by atoms with Crippen molar-refractivity contribution < 1.29 is 9.59 Å². The summed E-state index contributed by atoms with van der Waals surface area (Å²) in [6, 6.07) is 7.16. The van der Waals surface area contributed by atoms with Crippen LogP contribution in [-0.2, 0) is 16.0 Å². The Kier molecular flexibility index (Phi) is 4.99. The highest BCUT2D eigenvalue weighted by Gasteiger charge is 2.38. The minimum Gasteiger partial charge on any atom is -0.343 e. The Hall–Kier alpha value is -1.84. The molecule has 1 aromatic rings. The molecule has 0 saturated carbocycles. The molecule has 2 amide bonds. The Balaban J connectivity index is 2.24. The third-order valence-corrected chi connectivity index (χ3v) is 4.00. The number of rotatable bonds is 5. The Morgan fingerprint density at radius 3 is 2.38 bits per heavy atom. The highest BCUT2D eigenvalue weighted by atomic mass is 16.2. The quantitative estimate of drug-likeness (QED) is 0.905. The monoisotopic (exact) mass is 288 g/mol. The van der Waals surface area contributed by atoms with E-state index in [-0.39, 0.29) is 11.8 Å². The lowest BCUT2D eigenvalue weighted by Gasteiger charge is -2.37. The fourth-order valence-electron chi connectivity index (χ4n) is 2.73. The first kappa shape index (κ1) is 15.5. The predicted molar refractivity (Wildman–Crippen MR) is 84.2 cm³/mol. The van der Waals surface area contributed by atoms with E-state index >= 15 is 0 Å². The number of carbonyl (C=O) groups excluding carboxylic acids is 2. The smallest absolute Gasteiger partial charge is 0.250 e. The highest BCUT2D eigenvalue weighted by Crippen LogP contribution is 2.24. The highest BCUT2D eigenvalue weighted by molar-refractivity contribution is 6.08. The summed E-state index contributed by atoms with van der Waals surface area (Å²) in [5.41, 5.74) is 2.09. The first-order chi connectivity index (χ1) is 10.1. The van der Waals surface area contributed by atoms with Gasteiger partial charge >= 0.3 is 0 Å². The zero-order valence-corrected chi connectivity index (χ0v) is 13.1. The van der Waals surface area contributed by atoms with Crippen molar-refractivity contribution in [2.45, 2.75) is 58.5 Å². The average Bonchev–Trinajstić information content (AvgIpc) is 2.49. The van der Waals surface area contributed by atoms with Gasteiger partial charge in [0.2, 0.25) is 11.8 Å². The lowest BCUT2D eigenvalue weighted by Crippen LogP contribution is -2.62. The summed E-state index contributed by atoms with van der Waals surface area (Å²) in [5.74, 6) is -0.109. The Morgan fingerprint density at radius 2 is 1.81 bits per heavy atom. The molecule has 2 rings (SSSR count). The number of anilines is 1. The van der Waals surface area contributed by atoms with Crippen LogP contribution in [0.15, 0.2) is 24.3 Å². The second kappa shape index (κ2) is 6.74. The zero-order chi connectivity index (χ0) is 15.4. The fourth-order valence-corrected chi connectivity index (χ4v) is 2.73. The van der Waals surface area contributed by atoms with Crippen molar-refractivity contribution in [2.75, 3.05) is 4.90 Å². The molecular weight excluding hydrogens is 264 g/mol. The molecular formula is C17H24N2O2. The maximum Gasteiger partial charge on any atom is 0.250 e. The van der Waals surface area contributed by atoms with Gasteiger partial charge in [0.15, 0.2) is 0 Å². The van der Waals surface area contributed by atoms with Crippen molar-refractivity contribution in [3.8, 4) is 0 Å². The number of amides is 2. The van der Waals surface area contributed by atoms with Gasteiger partial charge in [-0.2, -0.15) is 0 Å². The number of benzene rings is 1. The van der Waals surface area contributed by atoms with Crippen molar-refractivity contribution in [3.63, 3.8) is 0 Å². The van der Waals surface area contributed by atoms with Crippen LogP contribution >= 0.6 is 0 Å². The molecule has 4 nitrogen and oxygen atoms in total.